The van der Waals surface area contributed by atoms with Crippen LogP contribution in [0.2, 0.25) is 0 Å². The molecule has 0 amide bonds. The van der Waals surface area contributed by atoms with Crippen molar-refractivity contribution >= 4 is 21.7 Å². The Bertz CT molecular complexity index is 390. The van der Waals surface area contributed by atoms with E-state index in [4.69, 9.17) is 4.84 Å². The van der Waals surface area contributed by atoms with Gasteiger partial charge in [-0.1, -0.05) is 12.2 Å². The van der Waals surface area contributed by atoms with E-state index in [-0.39, 0.29) is 6.10 Å². The molecule has 0 N–H and O–H groups in total. The zero-order valence-electron chi connectivity index (χ0n) is 8.14. The van der Waals surface area contributed by atoms with E-state index in [0.717, 1.165) is 23.1 Å². The molecule has 0 radical (unpaired) electrons. The van der Waals surface area contributed by atoms with E-state index in [0.29, 0.717) is 6.04 Å². The fourth-order valence-electron chi connectivity index (χ4n) is 2.01. The number of rotatable bonds is 1. The summed E-state index contributed by atoms with van der Waals surface area (Å²) in [5.74, 6) is 0.886. The molecule has 0 saturated carbocycles. The highest BCUT2D eigenvalue weighted by molar-refractivity contribution is 9.10. The van der Waals surface area contributed by atoms with Crippen molar-refractivity contribution in [2.24, 2.45) is 0 Å². The predicted octanol–water partition coefficient (Wildman–Crippen LogP) is 2.68. The maximum Gasteiger partial charge on any atom is 0.153 e. The van der Waals surface area contributed by atoms with Crippen LogP contribution in [-0.4, -0.2) is 17.1 Å². The number of pyridine rings is 1. The third kappa shape index (κ3) is 1.68. The fourth-order valence-corrected chi connectivity index (χ4v) is 2.24. The first kappa shape index (κ1) is 9.36. The average Bonchev–Trinajstić information content (AvgIpc) is 2.31. The Kier molecular flexibility index (Phi) is 2.25. The van der Waals surface area contributed by atoms with Crippen LogP contribution >= 0.6 is 15.9 Å². The number of hydroxylamine groups is 1. The monoisotopic (exact) mass is 266 g/mol. The minimum absolute atomic E-state index is 0.237. The maximum atomic E-state index is 5.78. The van der Waals surface area contributed by atoms with Gasteiger partial charge in [0.25, 0.3) is 0 Å². The van der Waals surface area contributed by atoms with Crippen molar-refractivity contribution in [3.8, 4) is 0 Å². The molecule has 1 saturated heterocycles. The van der Waals surface area contributed by atoms with Gasteiger partial charge >= 0.3 is 0 Å². The van der Waals surface area contributed by atoms with Crippen molar-refractivity contribution < 1.29 is 4.84 Å². The molecule has 78 valence electrons. The number of fused-ring (bicyclic) bond motifs is 2. The molecule has 4 rings (SSSR count). The maximum absolute atomic E-state index is 5.78. The summed E-state index contributed by atoms with van der Waals surface area (Å²) in [4.78, 5) is 10.1. The minimum Gasteiger partial charge on any atom is -0.264 e. The Morgan fingerprint density at radius 3 is 2.80 bits per heavy atom. The van der Waals surface area contributed by atoms with Crippen LogP contribution in [0, 0.1) is 0 Å². The lowest BCUT2D eigenvalue weighted by atomic mass is 9.98. The Hall–Kier alpha value is -0.870. The Labute approximate surface area is 96.8 Å². The Balaban J connectivity index is 1.89. The molecule has 3 heterocycles. The van der Waals surface area contributed by atoms with Gasteiger partial charge in [-0.25, -0.2) is 10.0 Å². The Morgan fingerprint density at radius 1 is 1.33 bits per heavy atom. The molecule has 1 aliphatic carbocycles. The van der Waals surface area contributed by atoms with Crippen LogP contribution in [0.3, 0.4) is 0 Å². The van der Waals surface area contributed by atoms with Crippen molar-refractivity contribution in [3.63, 3.8) is 0 Å². The van der Waals surface area contributed by atoms with E-state index in [1.165, 1.54) is 0 Å². The van der Waals surface area contributed by atoms with Gasteiger partial charge < -0.3 is 0 Å². The quantitative estimate of drug-likeness (QED) is 0.731. The molecule has 4 heteroatoms. The van der Waals surface area contributed by atoms with Crippen LogP contribution in [-0.2, 0) is 4.84 Å². The molecule has 2 atom stereocenters. The van der Waals surface area contributed by atoms with Gasteiger partial charge in [-0.2, -0.15) is 0 Å². The molecule has 2 bridgehead atoms. The normalized spacial score (nSPS) is 28.5. The lowest BCUT2D eigenvalue weighted by molar-refractivity contribution is 0.00214. The third-order valence-corrected chi connectivity index (χ3v) is 3.25. The van der Waals surface area contributed by atoms with Gasteiger partial charge in [0.05, 0.1) is 6.04 Å². The standard InChI is InChI=1S/C11H11BrN2O/c12-8-1-6-11(13-7-8)14-9-2-4-10(15-14)5-3-9/h1-2,4,6-7,9-10H,3,5H2/t9-,10+/m1/s1. The van der Waals surface area contributed by atoms with E-state index in [1.807, 2.05) is 17.2 Å². The first-order valence-corrected chi connectivity index (χ1v) is 5.88. The second kappa shape index (κ2) is 3.61. The van der Waals surface area contributed by atoms with Crippen molar-refractivity contribution in [2.45, 2.75) is 25.0 Å². The summed E-state index contributed by atoms with van der Waals surface area (Å²) in [5.41, 5.74) is 0. The number of anilines is 1. The van der Waals surface area contributed by atoms with Gasteiger partial charge in [0, 0.05) is 10.7 Å². The molecular formula is C11H11BrN2O. The van der Waals surface area contributed by atoms with Crippen molar-refractivity contribution in [2.75, 3.05) is 5.06 Å². The van der Waals surface area contributed by atoms with Gasteiger partial charge in [0.2, 0.25) is 0 Å². The summed E-state index contributed by atoms with van der Waals surface area (Å²) in [7, 11) is 0. The molecular weight excluding hydrogens is 256 g/mol. The van der Waals surface area contributed by atoms with Crippen molar-refractivity contribution in [1.29, 1.82) is 0 Å². The van der Waals surface area contributed by atoms with Gasteiger partial charge in [-0.3, -0.25) is 4.84 Å². The minimum atomic E-state index is 0.237. The molecule has 1 aromatic rings. The van der Waals surface area contributed by atoms with Crippen LogP contribution < -0.4 is 5.06 Å². The number of hydrogen-bond donors (Lipinski definition) is 0. The van der Waals surface area contributed by atoms with E-state index in [1.54, 1.807) is 6.20 Å². The first-order chi connectivity index (χ1) is 7.33. The molecule has 0 aromatic carbocycles. The summed E-state index contributed by atoms with van der Waals surface area (Å²) < 4.78 is 0.990. The van der Waals surface area contributed by atoms with Crippen LogP contribution in [0.25, 0.3) is 0 Å². The fraction of sp³-hybridized carbons (Fsp3) is 0.364. The molecule has 0 unspecified atom stereocenters. The molecule has 0 spiro atoms. The second-order valence-electron chi connectivity index (χ2n) is 3.83. The van der Waals surface area contributed by atoms with Crippen molar-refractivity contribution in [1.82, 2.24) is 4.98 Å². The van der Waals surface area contributed by atoms with Gasteiger partial charge in [-0.15, -0.1) is 0 Å². The van der Waals surface area contributed by atoms with Crippen molar-refractivity contribution in [3.05, 3.63) is 35.0 Å². The summed E-state index contributed by atoms with van der Waals surface area (Å²) in [5, 5.41) is 1.92. The lowest BCUT2D eigenvalue weighted by Gasteiger charge is -2.40. The van der Waals surface area contributed by atoms with Gasteiger partial charge in [0.15, 0.2) is 5.82 Å². The molecule has 15 heavy (non-hydrogen) atoms. The predicted molar refractivity (Wildman–Crippen MR) is 61.5 cm³/mol. The largest absolute Gasteiger partial charge is 0.264 e. The van der Waals surface area contributed by atoms with Crippen LogP contribution in [0.4, 0.5) is 5.82 Å². The lowest BCUT2D eigenvalue weighted by Crippen LogP contribution is -2.46. The van der Waals surface area contributed by atoms with E-state index in [9.17, 15) is 0 Å². The highest BCUT2D eigenvalue weighted by atomic mass is 79.9. The zero-order chi connectivity index (χ0) is 10.3. The Morgan fingerprint density at radius 2 is 2.27 bits per heavy atom. The average molecular weight is 267 g/mol. The summed E-state index contributed by atoms with van der Waals surface area (Å²) in [6.45, 7) is 0. The van der Waals surface area contributed by atoms with Crippen LogP contribution in [0.15, 0.2) is 35.0 Å². The smallest absolute Gasteiger partial charge is 0.153 e. The summed E-state index contributed by atoms with van der Waals surface area (Å²) in [6, 6.07) is 4.31. The molecule has 2 aliphatic heterocycles. The second-order valence-corrected chi connectivity index (χ2v) is 4.75. The van der Waals surface area contributed by atoms with E-state index >= 15 is 0 Å². The molecule has 1 aromatic heterocycles. The highest BCUT2D eigenvalue weighted by Gasteiger charge is 2.31. The third-order valence-electron chi connectivity index (χ3n) is 2.78. The number of hydrogen-bond acceptors (Lipinski definition) is 3. The van der Waals surface area contributed by atoms with E-state index < -0.39 is 0 Å². The number of halogens is 1. The van der Waals surface area contributed by atoms with Gasteiger partial charge in [0.1, 0.15) is 6.10 Å². The van der Waals surface area contributed by atoms with E-state index in [2.05, 4.69) is 33.1 Å². The zero-order valence-corrected chi connectivity index (χ0v) is 9.72. The summed E-state index contributed by atoms with van der Waals surface area (Å²) >= 11 is 3.37. The SMILES string of the molecule is Brc1ccc(N2O[C@H]3C=C[C@@H]2CC3)nc1. The number of nitrogens with zero attached hydrogens (tertiary/aromatic N) is 2. The molecule has 1 fully saturated rings. The first-order valence-electron chi connectivity index (χ1n) is 5.09. The highest BCUT2D eigenvalue weighted by Crippen LogP contribution is 2.31. The molecule has 3 nitrogen and oxygen atoms in total. The number of aromatic nitrogens is 1. The molecule has 3 aliphatic rings. The van der Waals surface area contributed by atoms with Crippen LogP contribution in [0.1, 0.15) is 12.8 Å². The van der Waals surface area contributed by atoms with Crippen LogP contribution in [0.5, 0.6) is 0 Å². The van der Waals surface area contributed by atoms with Gasteiger partial charge in [-0.05, 0) is 40.9 Å². The topological polar surface area (TPSA) is 25.4 Å². The summed E-state index contributed by atoms with van der Waals surface area (Å²) in [6.07, 6.45) is 8.66.